The Labute approximate surface area is 131 Å². The van der Waals surface area contributed by atoms with E-state index in [0.29, 0.717) is 12.1 Å². The van der Waals surface area contributed by atoms with Gasteiger partial charge in [-0.05, 0) is 55.9 Å². The Hall–Kier alpha value is -1.16. The molecule has 0 spiro atoms. The first-order valence-corrected chi connectivity index (χ1v) is 8.64. The van der Waals surface area contributed by atoms with Crippen LogP contribution < -0.4 is 5.32 Å². The largest absolute Gasteiger partial charge is 0.308 e. The van der Waals surface area contributed by atoms with E-state index < -0.39 is 0 Å². The summed E-state index contributed by atoms with van der Waals surface area (Å²) in [6.45, 7) is 1.03. The lowest BCUT2D eigenvalue weighted by Gasteiger charge is -2.31. The molecule has 1 aliphatic rings. The second-order valence-corrected chi connectivity index (χ2v) is 7.14. The molecule has 3 heteroatoms. The van der Waals surface area contributed by atoms with E-state index in [2.05, 4.69) is 66.1 Å². The third kappa shape index (κ3) is 3.54. The van der Waals surface area contributed by atoms with Gasteiger partial charge in [0.05, 0.1) is 0 Å². The van der Waals surface area contributed by atoms with Crippen LogP contribution >= 0.6 is 11.3 Å². The number of nitrogens with one attached hydrogen (secondary N) is 1. The van der Waals surface area contributed by atoms with Gasteiger partial charge in [0.25, 0.3) is 0 Å². The molecule has 1 N–H and O–H groups in total. The van der Waals surface area contributed by atoms with Crippen LogP contribution in [0.4, 0.5) is 0 Å². The third-order valence-corrected chi connectivity index (χ3v) is 5.20. The number of fused-ring (bicyclic) bond motifs is 1. The van der Waals surface area contributed by atoms with Crippen molar-refractivity contribution in [1.29, 1.82) is 0 Å². The SMILES string of the molecule is CN(C)CC(NC1CCCc2sccc21)c1ccccc1. The van der Waals surface area contributed by atoms with Gasteiger partial charge < -0.3 is 10.2 Å². The van der Waals surface area contributed by atoms with Crippen molar-refractivity contribution in [3.63, 3.8) is 0 Å². The zero-order chi connectivity index (χ0) is 14.7. The molecule has 1 aromatic carbocycles. The van der Waals surface area contributed by atoms with Crippen molar-refractivity contribution < 1.29 is 0 Å². The van der Waals surface area contributed by atoms with E-state index in [9.17, 15) is 0 Å². The molecule has 0 saturated heterocycles. The summed E-state index contributed by atoms with van der Waals surface area (Å²) in [4.78, 5) is 3.84. The Morgan fingerprint density at radius 1 is 1.24 bits per heavy atom. The fraction of sp³-hybridized carbons (Fsp3) is 0.444. The van der Waals surface area contributed by atoms with Crippen molar-refractivity contribution in [3.8, 4) is 0 Å². The number of hydrogen-bond donors (Lipinski definition) is 1. The molecule has 112 valence electrons. The second-order valence-electron chi connectivity index (χ2n) is 6.14. The van der Waals surface area contributed by atoms with E-state index in [1.165, 1.54) is 30.4 Å². The summed E-state index contributed by atoms with van der Waals surface area (Å²) in [6.07, 6.45) is 3.81. The minimum Gasteiger partial charge on any atom is -0.308 e. The average Bonchev–Trinajstić information content (AvgIpc) is 2.96. The lowest BCUT2D eigenvalue weighted by atomic mass is 9.92. The van der Waals surface area contributed by atoms with Crippen molar-refractivity contribution in [3.05, 3.63) is 57.8 Å². The van der Waals surface area contributed by atoms with Crippen molar-refractivity contribution >= 4 is 11.3 Å². The van der Waals surface area contributed by atoms with Gasteiger partial charge in [-0.15, -0.1) is 11.3 Å². The van der Waals surface area contributed by atoms with Crippen LogP contribution in [0.1, 0.15) is 40.9 Å². The topological polar surface area (TPSA) is 15.3 Å². The summed E-state index contributed by atoms with van der Waals surface area (Å²) < 4.78 is 0. The van der Waals surface area contributed by atoms with Crippen molar-refractivity contribution in [2.75, 3.05) is 20.6 Å². The van der Waals surface area contributed by atoms with Crippen LogP contribution in [0.3, 0.4) is 0 Å². The van der Waals surface area contributed by atoms with Crippen LogP contribution in [0.2, 0.25) is 0 Å². The maximum atomic E-state index is 3.91. The van der Waals surface area contributed by atoms with Crippen LogP contribution in [0.5, 0.6) is 0 Å². The molecule has 1 aliphatic carbocycles. The predicted molar refractivity (Wildman–Crippen MR) is 90.9 cm³/mol. The maximum Gasteiger partial charge on any atom is 0.0453 e. The van der Waals surface area contributed by atoms with Gasteiger partial charge in [0.15, 0.2) is 0 Å². The van der Waals surface area contributed by atoms with Crippen LogP contribution in [0.15, 0.2) is 41.8 Å². The number of likely N-dealkylation sites (N-methyl/N-ethyl adjacent to an activating group) is 1. The minimum absolute atomic E-state index is 0.386. The second kappa shape index (κ2) is 6.73. The first-order chi connectivity index (χ1) is 10.2. The highest BCUT2D eigenvalue weighted by Gasteiger charge is 2.24. The number of rotatable bonds is 5. The first kappa shape index (κ1) is 14.8. The molecule has 0 bridgehead atoms. The predicted octanol–water partition coefficient (Wildman–Crippen LogP) is 4.02. The molecular formula is C18H24N2S. The maximum absolute atomic E-state index is 3.91. The molecule has 1 aromatic heterocycles. The Morgan fingerprint density at radius 2 is 2.05 bits per heavy atom. The molecule has 0 fully saturated rings. The lowest BCUT2D eigenvalue weighted by Crippen LogP contribution is -2.34. The lowest BCUT2D eigenvalue weighted by molar-refractivity contribution is 0.309. The van der Waals surface area contributed by atoms with E-state index >= 15 is 0 Å². The van der Waals surface area contributed by atoms with E-state index in [1.807, 2.05) is 11.3 Å². The highest BCUT2D eigenvalue weighted by atomic mass is 32.1. The summed E-state index contributed by atoms with van der Waals surface area (Å²) in [5, 5.41) is 6.16. The van der Waals surface area contributed by atoms with Crippen LogP contribution in [0, 0.1) is 0 Å². The van der Waals surface area contributed by atoms with Crippen LogP contribution in [-0.4, -0.2) is 25.5 Å². The number of thiophene rings is 1. The van der Waals surface area contributed by atoms with Gasteiger partial charge in [0.1, 0.15) is 0 Å². The summed E-state index contributed by atoms with van der Waals surface area (Å²) in [5.74, 6) is 0. The van der Waals surface area contributed by atoms with Crippen molar-refractivity contribution in [2.24, 2.45) is 0 Å². The Kier molecular flexibility index (Phi) is 4.73. The fourth-order valence-corrected chi connectivity index (χ4v) is 4.19. The molecule has 0 saturated carbocycles. The number of aryl methyl sites for hydroxylation is 1. The minimum atomic E-state index is 0.386. The smallest absolute Gasteiger partial charge is 0.0453 e. The monoisotopic (exact) mass is 300 g/mol. The molecule has 2 aromatic rings. The normalized spacial score (nSPS) is 19.5. The van der Waals surface area contributed by atoms with Gasteiger partial charge in [-0.2, -0.15) is 0 Å². The first-order valence-electron chi connectivity index (χ1n) is 7.76. The standard InChI is InChI=1S/C18H24N2S/c1-20(2)13-17(14-7-4-3-5-8-14)19-16-9-6-10-18-15(16)11-12-21-18/h3-5,7-8,11-12,16-17,19H,6,9-10,13H2,1-2H3. The molecule has 2 nitrogen and oxygen atoms in total. The summed E-state index contributed by atoms with van der Waals surface area (Å²) in [7, 11) is 4.29. The Bertz CT molecular complexity index is 562. The molecule has 0 aliphatic heterocycles. The van der Waals surface area contributed by atoms with E-state index in [4.69, 9.17) is 0 Å². The molecule has 21 heavy (non-hydrogen) atoms. The highest BCUT2D eigenvalue weighted by Crippen LogP contribution is 2.34. The quantitative estimate of drug-likeness (QED) is 0.897. The number of benzene rings is 1. The molecule has 3 rings (SSSR count). The molecule has 0 amide bonds. The number of hydrogen-bond acceptors (Lipinski definition) is 3. The summed E-state index contributed by atoms with van der Waals surface area (Å²) in [5.41, 5.74) is 2.92. The van der Waals surface area contributed by atoms with E-state index in [1.54, 1.807) is 4.88 Å². The molecule has 1 heterocycles. The molecular weight excluding hydrogens is 276 g/mol. The third-order valence-electron chi connectivity index (χ3n) is 4.20. The van der Waals surface area contributed by atoms with Crippen molar-refractivity contribution in [2.45, 2.75) is 31.3 Å². The van der Waals surface area contributed by atoms with Gasteiger partial charge in [-0.25, -0.2) is 0 Å². The van der Waals surface area contributed by atoms with Crippen molar-refractivity contribution in [1.82, 2.24) is 10.2 Å². The Morgan fingerprint density at radius 3 is 2.81 bits per heavy atom. The zero-order valence-electron chi connectivity index (χ0n) is 12.9. The van der Waals surface area contributed by atoms with Gasteiger partial charge in [-0.3, -0.25) is 0 Å². The summed E-state index contributed by atoms with van der Waals surface area (Å²) in [6, 6.07) is 14.0. The van der Waals surface area contributed by atoms with Gasteiger partial charge >= 0.3 is 0 Å². The average molecular weight is 300 g/mol. The molecule has 2 unspecified atom stereocenters. The molecule has 2 atom stereocenters. The van der Waals surface area contributed by atoms with Gasteiger partial charge in [-0.1, -0.05) is 30.3 Å². The van der Waals surface area contributed by atoms with Gasteiger partial charge in [0, 0.05) is 23.5 Å². The Balaban J connectivity index is 1.80. The molecule has 0 radical (unpaired) electrons. The van der Waals surface area contributed by atoms with Crippen LogP contribution in [0.25, 0.3) is 0 Å². The van der Waals surface area contributed by atoms with Crippen LogP contribution in [-0.2, 0) is 6.42 Å². The van der Waals surface area contributed by atoms with E-state index in [0.717, 1.165) is 6.54 Å². The van der Waals surface area contributed by atoms with Gasteiger partial charge in [0.2, 0.25) is 0 Å². The number of nitrogens with zero attached hydrogens (tertiary/aromatic N) is 1. The highest BCUT2D eigenvalue weighted by molar-refractivity contribution is 7.10. The zero-order valence-corrected chi connectivity index (χ0v) is 13.7. The fourth-order valence-electron chi connectivity index (χ4n) is 3.21. The van der Waals surface area contributed by atoms with E-state index in [-0.39, 0.29) is 0 Å². The summed E-state index contributed by atoms with van der Waals surface area (Å²) >= 11 is 1.92.